The van der Waals surface area contributed by atoms with Crippen LogP contribution in [0, 0.1) is 0 Å². The quantitative estimate of drug-likeness (QED) is 0.793. The van der Waals surface area contributed by atoms with Crippen molar-refractivity contribution in [3.63, 3.8) is 0 Å². The third-order valence-electron chi connectivity index (χ3n) is 3.69. The predicted octanol–water partition coefficient (Wildman–Crippen LogP) is -0.484. The first-order valence-electron chi connectivity index (χ1n) is 6.89. The Morgan fingerprint density at radius 2 is 1.95 bits per heavy atom. The van der Waals surface area contributed by atoms with E-state index in [4.69, 9.17) is 15.2 Å². The predicted molar refractivity (Wildman–Crippen MR) is 74.9 cm³/mol. The smallest absolute Gasteiger partial charge is 0.232 e. The SMILES string of the molecule is CN(c1nc(N)nc(N2CCOCC2)n1)C1CCOC1. The fourth-order valence-corrected chi connectivity index (χ4v) is 2.42. The fourth-order valence-electron chi connectivity index (χ4n) is 2.42. The summed E-state index contributed by atoms with van der Waals surface area (Å²) in [5, 5.41) is 0. The highest BCUT2D eigenvalue weighted by Crippen LogP contribution is 2.20. The number of rotatable bonds is 3. The molecule has 110 valence electrons. The Kier molecular flexibility index (Phi) is 3.83. The standard InChI is InChI=1S/C12H20N6O2/c1-17(9-2-5-20-8-9)11-14-10(13)15-12(16-11)18-3-6-19-7-4-18/h9H,2-8H2,1H3,(H2,13,14,15,16). The molecular formula is C12H20N6O2. The Balaban J connectivity index is 1.81. The molecule has 20 heavy (non-hydrogen) atoms. The molecule has 2 fully saturated rings. The van der Waals surface area contributed by atoms with Crippen LogP contribution in [0.3, 0.4) is 0 Å². The molecule has 1 aromatic rings. The molecule has 0 amide bonds. The van der Waals surface area contributed by atoms with E-state index in [2.05, 4.69) is 19.9 Å². The molecule has 0 aliphatic carbocycles. The van der Waals surface area contributed by atoms with Crippen LogP contribution in [0.15, 0.2) is 0 Å². The molecule has 1 atom stereocenters. The fraction of sp³-hybridized carbons (Fsp3) is 0.750. The molecule has 3 heterocycles. The number of nitrogen functional groups attached to an aromatic ring is 1. The molecule has 2 saturated heterocycles. The molecule has 2 N–H and O–H groups in total. The first-order valence-corrected chi connectivity index (χ1v) is 6.89. The Labute approximate surface area is 117 Å². The van der Waals surface area contributed by atoms with E-state index in [1.807, 2.05) is 11.9 Å². The van der Waals surface area contributed by atoms with E-state index < -0.39 is 0 Å². The van der Waals surface area contributed by atoms with Crippen molar-refractivity contribution in [2.75, 3.05) is 62.1 Å². The largest absolute Gasteiger partial charge is 0.379 e. The van der Waals surface area contributed by atoms with Crippen LogP contribution in [0.25, 0.3) is 0 Å². The molecule has 0 saturated carbocycles. The molecule has 8 heteroatoms. The van der Waals surface area contributed by atoms with Crippen LogP contribution in [-0.2, 0) is 9.47 Å². The summed E-state index contributed by atoms with van der Waals surface area (Å²) in [6.45, 7) is 4.42. The van der Waals surface area contributed by atoms with Gasteiger partial charge in [-0.05, 0) is 6.42 Å². The third kappa shape index (κ3) is 2.75. The molecule has 0 bridgehead atoms. The van der Waals surface area contributed by atoms with E-state index in [-0.39, 0.29) is 5.95 Å². The first-order chi connectivity index (χ1) is 9.74. The first kappa shape index (κ1) is 13.3. The molecule has 1 unspecified atom stereocenters. The summed E-state index contributed by atoms with van der Waals surface area (Å²) in [7, 11) is 1.97. The van der Waals surface area contributed by atoms with Crippen LogP contribution in [-0.4, -0.2) is 67.6 Å². The number of hydrogen-bond acceptors (Lipinski definition) is 8. The van der Waals surface area contributed by atoms with Crippen LogP contribution in [0.1, 0.15) is 6.42 Å². The molecule has 3 rings (SSSR count). The normalized spacial score (nSPS) is 23.1. The molecule has 2 aliphatic rings. The lowest BCUT2D eigenvalue weighted by atomic mass is 10.2. The van der Waals surface area contributed by atoms with Crippen molar-refractivity contribution in [3.8, 4) is 0 Å². The van der Waals surface area contributed by atoms with Crippen LogP contribution in [0.5, 0.6) is 0 Å². The summed E-state index contributed by atoms with van der Waals surface area (Å²) in [5.74, 6) is 1.48. The second kappa shape index (κ2) is 5.76. The summed E-state index contributed by atoms with van der Waals surface area (Å²) >= 11 is 0. The summed E-state index contributed by atoms with van der Waals surface area (Å²) in [6, 6.07) is 0.300. The van der Waals surface area contributed by atoms with Crippen LogP contribution in [0.2, 0.25) is 0 Å². The average molecular weight is 280 g/mol. The molecular weight excluding hydrogens is 260 g/mol. The Morgan fingerprint density at radius 1 is 1.15 bits per heavy atom. The topological polar surface area (TPSA) is 89.6 Å². The third-order valence-corrected chi connectivity index (χ3v) is 3.69. The van der Waals surface area contributed by atoms with Gasteiger partial charge in [-0.3, -0.25) is 0 Å². The van der Waals surface area contributed by atoms with Gasteiger partial charge in [-0.15, -0.1) is 0 Å². The number of nitrogens with two attached hydrogens (primary N) is 1. The van der Waals surface area contributed by atoms with Crippen molar-refractivity contribution in [2.24, 2.45) is 0 Å². The Morgan fingerprint density at radius 3 is 2.65 bits per heavy atom. The zero-order valence-corrected chi connectivity index (χ0v) is 11.7. The van der Waals surface area contributed by atoms with E-state index >= 15 is 0 Å². The van der Waals surface area contributed by atoms with Gasteiger partial charge < -0.3 is 25.0 Å². The van der Waals surface area contributed by atoms with Crippen molar-refractivity contribution in [1.82, 2.24) is 15.0 Å². The van der Waals surface area contributed by atoms with Crippen molar-refractivity contribution in [1.29, 1.82) is 0 Å². The number of anilines is 3. The molecule has 8 nitrogen and oxygen atoms in total. The zero-order valence-electron chi connectivity index (χ0n) is 11.7. The van der Waals surface area contributed by atoms with Gasteiger partial charge in [0.05, 0.1) is 25.9 Å². The molecule has 0 spiro atoms. The molecule has 0 radical (unpaired) electrons. The van der Waals surface area contributed by atoms with Gasteiger partial charge in [-0.1, -0.05) is 0 Å². The number of hydrogen-bond donors (Lipinski definition) is 1. The maximum atomic E-state index is 5.82. The monoisotopic (exact) mass is 280 g/mol. The summed E-state index contributed by atoms with van der Waals surface area (Å²) in [5.41, 5.74) is 5.82. The second-order valence-corrected chi connectivity index (χ2v) is 5.02. The minimum Gasteiger partial charge on any atom is -0.379 e. The average Bonchev–Trinajstić information content (AvgIpc) is 3.01. The van der Waals surface area contributed by atoms with Gasteiger partial charge in [0.1, 0.15) is 0 Å². The highest BCUT2D eigenvalue weighted by molar-refractivity contribution is 5.44. The lowest BCUT2D eigenvalue weighted by molar-refractivity contribution is 0.122. The van der Waals surface area contributed by atoms with Gasteiger partial charge in [-0.25, -0.2) is 0 Å². The van der Waals surface area contributed by atoms with E-state index in [1.54, 1.807) is 0 Å². The van der Waals surface area contributed by atoms with Crippen molar-refractivity contribution in [2.45, 2.75) is 12.5 Å². The van der Waals surface area contributed by atoms with E-state index in [0.717, 1.165) is 26.1 Å². The zero-order chi connectivity index (χ0) is 13.9. The van der Waals surface area contributed by atoms with Crippen molar-refractivity contribution in [3.05, 3.63) is 0 Å². The van der Waals surface area contributed by atoms with Gasteiger partial charge in [0.25, 0.3) is 0 Å². The highest BCUT2D eigenvalue weighted by Gasteiger charge is 2.24. The van der Waals surface area contributed by atoms with E-state index in [1.165, 1.54) is 0 Å². The maximum absolute atomic E-state index is 5.82. The van der Waals surface area contributed by atoms with Gasteiger partial charge in [-0.2, -0.15) is 15.0 Å². The number of nitrogens with zero attached hydrogens (tertiary/aromatic N) is 5. The van der Waals surface area contributed by atoms with E-state index in [9.17, 15) is 0 Å². The van der Waals surface area contributed by atoms with Gasteiger partial charge in [0, 0.05) is 26.7 Å². The molecule has 2 aliphatic heterocycles. The van der Waals surface area contributed by atoms with Crippen LogP contribution < -0.4 is 15.5 Å². The van der Waals surface area contributed by atoms with Crippen LogP contribution >= 0.6 is 0 Å². The number of aromatic nitrogens is 3. The second-order valence-electron chi connectivity index (χ2n) is 5.02. The molecule has 0 aromatic carbocycles. The van der Waals surface area contributed by atoms with Gasteiger partial charge in [0.15, 0.2) is 0 Å². The summed E-state index contributed by atoms with van der Waals surface area (Å²) < 4.78 is 10.7. The maximum Gasteiger partial charge on any atom is 0.232 e. The van der Waals surface area contributed by atoms with Crippen molar-refractivity contribution >= 4 is 17.8 Å². The Bertz CT molecular complexity index is 459. The number of morpholine rings is 1. The minimum atomic E-state index is 0.252. The summed E-state index contributed by atoms with van der Waals surface area (Å²) in [4.78, 5) is 17.1. The van der Waals surface area contributed by atoms with Gasteiger partial charge in [0.2, 0.25) is 17.8 Å². The minimum absolute atomic E-state index is 0.252. The van der Waals surface area contributed by atoms with Crippen molar-refractivity contribution < 1.29 is 9.47 Å². The van der Waals surface area contributed by atoms with E-state index in [0.29, 0.717) is 37.8 Å². The van der Waals surface area contributed by atoms with Gasteiger partial charge >= 0.3 is 0 Å². The highest BCUT2D eigenvalue weighted by atomic mass is 16.5. The van der Waals surface area contributed by atoms with Crippen LogP contribution in [0.4, 0.5) is 17.8 Å². The number of likely N-dealkylation sites (N-methyl/N-ethyl adjacent to an activating group) is 1. The lowest BCUT2D eigenvalue weighted by Crippen LogP contribution is -2.38. The number of ether oxygens (including phenoxy) is 2. The summed E-state index contributed by atoms with van der Waals surface area (Å²) in [6.07, 6.45) is 0.981. The lowest BCUT2D eigenvalue weighted by Gasteiger charge is -2.28. The molecule has 1 aromatic heterocycles. The Hall–Kier alpha value is -1.67.